The number of carbonyl (C=O) groups is 1. The SMILES string of the molecule is CNC1CCC(OCC(C)(C)C(=O)O)CC1. The standard InChI is InChI=1S/C12H23NO3/c1-12(2,11(14)15)8-16-10-6-4-9(13-3)5-7-10/h9-10,13H,4-8H2,1-3H3,(H,14,15). The molecule has 16 heavy (non-hydrogen) atoms. The normalized spacial score (nSPS) is 26.7. The topological polar surface area (TPSA) is 58.6 Å². The fraction of sp³-hybridized carbons (Fsp3) is 0.917. The van der Waals surface area contributed by atoms with Gasteiger partial charge < -0.3 is 15.2 Å². The Morgan fingerprint density at radius 2 is 1.94 bits per heavy atom. The summed E-state index contributed by atoms with van der Waals surface area (Å²) in [6.07, 6.45) is 4.54. The van der Waals surface area contributed by atoms with Crippen LogP contribution in [0.15, 0.2) is 0 Å². The number of hydrogen-bond donors (Lipinski definition) is 2. The molecule has 4 heteroatoms. The molecule has 0 spiro atoms. The van der Waals surface area contributed by atoms with Gasteiger partial charge in [0.1, 0.15) is 0 Å². The molecule has 0 heterocycles. The van der Waals surface area contributed by atoms with Crippen LogP contribution in [0.2, 0.25) is 0 Å². The number of carboxylic acids is 1. The van der Waals surface area contributed by atoms with E-state index >= 15 is 0 Å². The average molecular weight is 229 g/mol. The smallest absolute Gasteiger partial charge is 0.311 e. The van der Waals surface area contributed by atoms with Gasteiger partial charge in [0.25, 0.3) is 0 Å². The number of rotatable bonds is 5. The fourth-order valence-corrected chi connectivity index (χ4v) is 1.91. The third-order valence-corrected chi connectivity index (χ3v) is 3.34. The summed E-state index contributed by atoms with van der Waals surface area (Å²) < 4.78 is 5.69. The van der Waals surface area contributed by atoms with Gasteiger partial charge in [-0.05, 0) is 46.6 Å². The van der Waals surface area contributed by atoms with Gasteiger partial charge in [0.05, 0.1) is 18.1 Å². The Morgan fingerprint density at radius 1 is 1.38 bits per heavy atom. The zero-order valence-corrected chi connectivity index (χ0v) is 10.5. The van der Waals surface area contributed by atoms with Crippen molar-refractivity contribution in [2.45, 2.75) is 51.7 Å². The molecule has 1 saturated carbocycles. The lowest BCUT2D eigenvalue weighted by Crippen LogP contribution is -2.36. The van der Waals surface area contributed by atoms with Crippen molar-refractivity contribution in [1.29, 1.82) is 0 Å². The van der Waals surface area contributed by atoms with Gasteiger partial charge in [-0.25, -0.2) is 0 Å². The summed E-state index contributed by atoms with van der Waals surface area (Å²) in [7, 11) is 1.99. The van der Waals surface area contributed by atoms with Gasteiger partial charge in [0.2, 0.25) is 0 Å². The summed E-state index contributed by atoms with van der Waals surface area (Å²) >= 11 is 0. The summed E-state index contributed by atoms with van der Waals surface area (Å²) in [5, 5.41) is 12.2. The summed E-state index contributed by atoms with van der Waals surface area (Å²) in [4.78, 5) is 10.9. The number of carboxylic acid groups (broad SMARTS) is 1. The Kier molecular flexibility index (Phi) is 4.74. The van der Waals surface area contributed by atoms with Gasteiger partial charge in [-0.2, -0.15) is 0 Å². The lowest BCUT2D eigenvalue weighted by molar-refractivity contribution is -0.152. The molecule has 94 valence electrons. The van der Waals surface area contributed by atoms with Crippen LogP contribution in [0, 0.1) is 5.41 Å². The van der Waals surface area contributed by atoms with Crippen molar-refractivity contribution < 1.29 is 14.6 Å². The Hall–Kier alpha value is -0.610. The molecule has 0 amide bonds. The van der Waals surface area contributed by atoms with Gasteiger partial charge in [0, 0.05) is 6.04 Å². The Labute approximate surface area is 97.4 Å². The Balaban J connectivity index is 2.27. The van der Waals surface area contributed by atoms with Crippen LogP contribution in [0.25, 0.3) is 0 Å². The number of aliphatic carboxylic acids is 1. The minimum Gasteiger partial charge on any atom is -0.481 e. The molecule has 1 aliphatic rings. The number of ether oxygens (including phenoxy) is 1. The van der Waals surface area contributed by atoms with E-state index in [-0.39, 0.29) is 6.10 Å². The van der Waals surface area contributed by atoms with E-state index in [0.717, 1.165) is 25.7 Å². The van der Waals surface area contributed by atoms with Crippen LogP contribution in [0.5, 0.6) is 0 Å². The maximum absolute atomic E-state index is 10.9. The van der Waals surface area contributed by atoms with Crippen molar-refractivity contribution in [3.8, 4) is 0 Å². The minimum absolute atomic E-state index is 0.239. The molecule has 0 bridgehead atoms. The molecule has 1 rings (SSSR count). The summed E-state index contributed by atoms with van der Waals surface area (Å²) in [6, 6.07) is 0.604. The number of nitrogens with one attached hydrogen (secondary N) is 1. The van der Waals surface area contributed by atoms with E-state index < -0.39 is 11.4 Å². The molecule has 0 aromatic heterocycles. The van der Waals surface area contributed by atoms with Gasteiger partial charge in [-0.1, -0.05) is 0 Å². The molecule has 0 aromatic carbocycles. The maximum atomic E-state index is 10.9. The first-order chi connectivity index (χ1) is 7.45. The third-order valence-electron chi connectivity index (χ3n) is 3.34. The Morgan fingerprint density at radius 3 is 2.38 bits per heavy atom. The molecular formula is C12H23NO3. The lowest BCUT2D eigenvalue weighted by atomic mass is 9.92. The largest absolute Gasteiger partial charge is 0.481 e. The molecule has 0 saturated heterocycles. The van der Waals surface area contributed by atoms with Gasteiger partial charge >= 0.3 is 5.97 Å². The second kappa shape index (κ2) is 5.64. The summed E-state index contributed by atoms with van der Waals surface area (Å²) in [5.41, 5.74) is -0.778. The van der Waals surface area contributed by atoms with E-state index in [1.807, 2.05) is 7.05 Å². The second-order valence-corrected chi connectivity index (χ2v) is 5.26. The van der Waals surface area contributed by atoms with E-state index in [4.69, 9.17) is 9.84 Å². The fourth-order valence-electron chi connectivity index (χ4n) is 1.91. The van der Waals surface area contributed by atoms with Crippen LogP contribution in [0.4, 0.5) is 0 Å². The highest BCUT2D eigenvalue weighted by Crippen LogP contribution is 2.24. The first-order valence-electron chi connectivity index (χ1n) is 5.98. The van der Waals surface area contributed by atoms with Crippen molar-refractivity contribution in [2.75, 3.05) is 13.7 Å². The highest BCUT2D eigenvalue weighted by Gasteiger charge is 2.29. The molecule has 0 aromatic rings. The molecule has 2 N–H and O–H groups in total. The van der Waals surface area contributed by atoms with Gasteiger partial charge in [-0.15, -0.1) is 0 Å². The zero-order chi connectivity index (χ0) is 12.2. The highest BCUT2D eigenvalue weighted by molar-refractivity contribution is 5.73. The first-order valence-corrected chi connectivity index (χ1v) is 5.98. The number of hydrogen-bond acceptors (Lipinski definition) is 3. The molecule has 1 aliphatic carbocycles. The molecule has 4 nitrogen and oxygen atoms in total. The molecular weight excluding hydrogens is 206 g/mol. The van der Waals surface area contributed by atoms with Crippen molar-refractivity contribution in [3.63, 3.8) is 0 Å². The molecule has 1 fully saturated rings. The van der Waals surface area contributed by atoms with E-state index in [2.05, 4.69) is 5.32 Å². The molecule has 0 atom stereocenters. The third kappa shape index (κ3) is 3.76. The monoisotopic (exact) mass is 229 g/mol. The molecule has 0 unspecified atom stereocenters. The molecule has 0 radical (unpaired) electrons. The zero-order valence-electron chi connectivity index (χ0n) is 10.5. The van der Waals surface area contributed by atoms with Crippen molar-refractivity contribution >= 4 is 5.97 Å². The summed E-state index contributed by atoms with van der Waals surface area (Å²) in [5.74, 6) is -0.795. The predicted octanol–water partition coefficient (Wildman–Crippen LogP) is 1.64. The van der Waals surface area contributed by atoms with E-state index in [0.29, 0.717) is 12.6 Å². The second-order valence-electron chi connectivity index (χ2n) is 5.26. The maximum Gasteiger partial charge on any atom is 0.311 e. The summed E-state index contributed by atoms with van der Waals surface area (Å²) in [6.45, 7) is 3.71. The molecule has 0 aliphatic heterocycles. The van der Waals surface area contributed by atoms with Crippen molar-refractivity contribution in [3.05, 3.63) is 0 Å². The van der Waals surface area contributed by atoms with Crippen LogP contribution in [0.3, 0.4) is 0 Å². The van der Waals surface area contributed by atoms with Crippen LogP contribution in [-0.4, -0.2) is 36.9 Å². The van der Waals surface area contributed by atoms with Crippen molar-refractivity contribution in [2.24, 2.45) is 5.41 Å². The highest BCUT2D eigenvalue weighted by atomic mass is 16.5. The Bertz CT molecular complexity index is 232. The van der Waals surface area contributed by atoms with Crippen LogP contribution < -0.4 is 5.32 Å². The minimum atomic E-state index is -0.795. The van der Waals surface area contributed by atoms with E-state index in [9.17, 15) is 4.79 Å². The van der Waals surface area contributed by atoms with Crippen LogP contribution in [0.1, 0.15) is 39.5 Å². The van der Waals surface area contributed by atoms with Crippen LogP contribution >= 0.6 is 0 Å². The van der Waals surface area contributed by atoms with E-state index in [1.54, 1.807) is 13.8 Å². The quantitative estimate of drug-likeness (QED) is 0.752. The van der Waals surface area contributed by atoms with Gasteiger partial charge in [0.15, 0.2) is 0 Å². The van der Waals surface area contributed by atoms with Crippen LogP contribution in [-0.2, 0) is 9.53 Å². The van der Waals surface area contributed by atoms with Gasteiger partial charge in [-0.3, -0.25) is 4.79 Å². The first kappa shape index (κ1) is 13.5. The van der Waals surface area contributed by atoms with Crippen molar-refractivity contribution in [1.82, 2.24) is 5.32 Å². The average Bonchev–Trinajstić information content (AvgIpc) is 2.27. The van der Waals surface area contributed by atoms with E-state index in [1.165, 1.54) is 0 Å². The lowest BCUT2D eigenvalue weighted by Gasteiger charge is -2.30. The predicted molar refractivity (Wildman–Crippen MR) is 62.5 cm³/mol.